The van der Waals surface area contributed by atoms with E-state index < -0.39 is 5.97 Å². The van der Waals surface area contributed by atoms with Crippen LogP contribution in [0, 0.1) is 13.8 Å². The maximum absolute atomic E-state index is 12.1. The number of carbonyl (C=O) groups excluding carboxylic acids is 2. The first kappa shape index (κ1) is 14.6. The minimum atomic E-state index is -0.559. The molecule has 22 heavy (non-hydrogen) atoms. The van der Waals surface area contributed by atoms with Crippen molar-refractivity contribution in [2.45, 2.75) is 13.8 Å². The number of aryl methyl sites for hydroxylation is 2. The molecule has 0 N–H and O–H groups in total. The Balaban J connectivity index is 1.65. The van der Waals surface area contributed by atoms with Gasteiger partial charge in [0, 0.05) is 15.3 Å². The molecule has 6 heteroatoms. The average molecular weight is 318 g/mol. The van der Waals surface area contributed by atoms with Gasteiger partial charge in [0.15, 0.2) is 18.1 Å². The lowest BCUT2D eigenvalue weighted by Crippen LogP contribution is -2.14. The van der Waals surface area contributed by atoms with E-state index in [1.807, 2.05) is 19.9 Å². The predicted octanol–water partition coefficient (Wildman–Crippen LogP) is 3.13. The van der Waals surface area contributed by atoms with Gasteiger partial charge < -0.3 is 14.2 Å². The van der Waals surface area contributed by atoms with Gasteiger partial charge in [0.1, 0.15) is 0 Å². The summed E-state index contributed by atoms with van der Waals surface area (Å²) in [5.74, 6) is 0.342. The molecular weight excluding hydrogens is 304 g/mol. The highest BCUT2D eigenvalue weighted by atomic mass is 32.1. The number of fused-ring (bicyclic) bond motifs is 1. The molecule has 0 atom stereocenters. The molecule has 2 heterocycles. The van der Waals surface area contributed by atoms with E-state index in [4.69, 9.17) is 14.2 Å². The third-order valence-electron chi connectivity index (χ3n) is 3.28. The summed E-state index contributed by atoms with van der Waals surface area (Å²) in [6, 6.07) is 6.60. The predicted molar refractivity (Wildman–Crippen MR) is 81.0 cm³/mol. The normalized spacial score (nSPS) is 12.3. The van der Waals surface area contributed by atoms with Crippen LogP contribution in [0.15, 0.2) is 24.3 Å². The molecule has 0 amide bonds. The van der Waals surface area contributed by atoms with Gasteiger partial charge in [0.2, 0.25) is 12.6 Å². The minimum Gasteiger partial charge on any atom is -0.454 e. The zero-order valence-electron chi connectivity index (χ0n) is 12.2. The van der Waals surface area contributed by atoms with Gasteiger partial charge in [0.25, 0.3) is 0 Å². The molecule has 1 aliphatic rings. The van der Waals surface area contributed by atoms with Crippen LogP contribution in [0.5, 0.6) is 11.5 Å². The second-order valence-corrected chi connectivity index (χ2v) is 6.35. The monoisotopic (exact) mass is 318 g/mol. The van der Waals surface area contributed by atoms with Crippen LogP contribution in [0.1, 0.15) is 30.5 Å². The van der Waals surface area contributed by atoms with Gasteiger partial charge in [-0.05, 0) is 38.1 Å². The van der Waals surface area contributed by atoms with E-state index in [9.17, 15) is 9.59 Å². The number of hydrogen-bond acceptors (Lipinski definition) is 6. The van der Waals surface area contributed by atoms with Crippen LogP contribution in [0.3, 0.4) is 0 Å². The molecule has 1 aliphatic heterocycles. The number of benzene rings is 1. The van der Waals surface area contributed by atoms with Gasteiger partial charge in [0.05, 0.1) is 5.56 Å². The smallest absolute Gasteiger partial charge is 0.338 e. The van der Waals surface area contributed by atoms with Gasteiger partial charge in [-0.25, -0.2) is 4.79 Å². The highest BCUT2D eigenvalue weighted by molar-refractivity contribution is 7.12. The molecule has 0 bridgehead atoms. The summed E-state index contributed by atoms with van der Waals surface area (Å²) >= 11 is 1.55. The fourth-order valence-electron chi connectivity index (χ4n) is 2.22. The molecule has 0 saturated carbocycles. The summed E-state index contributed by atoms with van der Waals surface area (Å²) in [7, 11) is 0. The molecule has 3 rings (SSSR count). The lowest BCUT2D eigenvalue weighted by atomic mass is 10.1. The van der Waals surface area contributed by atoms with Crippen molar-refractivity contribution in [2.75, 3.05) is 13.4 Å². The zero-order valence-corrected chi connectivity index (χ0v) is 13.0. The molecule has 1 aromatic heterocycles. The summed E-state index contributed by atoms with van der Waals surface area (Å²) in [6.45, 7) is 3.69. The van der Waals surface area contributed by atoms with Crippen LogP contribution in [0.4, 0.5) is 0 Å². The Morgan fingerprint density at radius 1 is 1.18 bits per heavy atom. The zero-order chi connectivity index (χ0) is 15.7. The molecule has 0 unspecified atom stereocenters. The minimum absolute atomic E-state index is 0.142. The van der Waals surface area contributed by atoms with Crippen molar-refractivity contribution in [1.29, 1.82) is 0 Å². The van der Waals surface area contributed by atoms with Crippen LogP contribution in [0.25, 0.3) is 0 Å². The van der Waals surface area contributed by atoms with Crippen molar-refractivity contribution < 1.29 is 23.8 Å². The second-order valence-electron chi connectivity index (χ2n) is 4.89. The molecule has 0 aliphatic carbocycles. The molecule has 1 aromatic carbocycles. The highest BCUT2D eigenvalue weighted by Gasteiger charge is 2.19. The number of Topliss-reactive ketones (excluding diaryl/α,β-unsaturated/α-hetero) is 1. The first-order valence-corrected chi connectivity index (χ1v) is 7.53. The second kappa shape index (κ2) is 5.81. The van der Waals surface area contributed by atoms with E-state index in [0.29, 0.717) is 22.6 Å². The number of carbonyl (C=O) groups is 2. The number of esters is 1. The van der Waals surface area contributed by atoms with Gasteiger partial charge in [-0.15, -0.1) is 11.3 Å². The number of rotatable bonds is 4. The quantitative estimate of drug-likeness (QED) is 0.640. The Labute approximate surface area is 131 Å². The van der Waals surface area contributed by atoms with Gasteiger partial charge in [-0.3, -0.25) is 4.79 Å². The summed E-state index contributed by atoms with van der Waals surface area (Å²) in [4.78, 5) is 26.1. The van der Waals surface area contributed by atoms with E-state index in [0.717, 1.165) is 9.75 Å². The van der Waals surface area contributed by atoms with Crippen LogP contribution < -0.4 is 9.47 Å². The molecule has 5 nitrogen and oxygen atoms in total. The Kier molecular flexibility index (Phi) is 3.85. The molecule has 0 fully saturated rings. The van der Waals surface area contributed by atoms with Crippen LogP contribution in [0.2, 0.25) is 0 Å². The fraction of sp³-hybridized carbons (Fsp3) is 0.250. The SMILES string of the molecule is Cc1cc(C(=O)COC(=O)c2ccc3c(c2)OCO3)c(C)s1. The van der Waals surface area contributed by atoms with E-state index in [1.165, 1.54) is 0 Å². The van der Waals surface area contributed by atoms with Crippen LogP contribution in [-0.2, 0) is 4.74 Å². The van der Waals surface area contributed by atoms with Gasteiger partial charge in [-0.2, -0.15) is 0 Å². The lowest BCUT2D eigenvalue weighted by Gasteiger charge is -2.05. The molecule has 2 aromatic rings. The van der Waals surface area contributed by atoms with E-state index in [1.54, 1.807) is 29.5 Å². The topological polar surface area (TPSA) is 61.8 Å². The third-order valence-corrected chi connectivity index (χ3v) is 4.25. The molecule has 114 valence electrons. The third kappa shape index (κ3) is 2.82. The Hall–Kier alpha value is -2.34. The van der Waals surface area contributed by atoms with Crippen LogP contribution >= 0.6 is 11.3 Å². The van der Waals surface area contributed by atoms with Crippen molar-refractivity contribution in [3.05, 3.63) is 45.1 Å². The maximum atomic E-state index is 12.1. The van der Waals surface area contributed by atoms with Gasteiger partial charge in [-0.1, -0.05) is 0 Å². The maximum Gasteiger partial charge on any atom is 0.338 e. The largest absolute Gasteiger partial charge is 0.454 e. The van der Waals surface area contributed by atoms with Crippen molar-refractivity contribution in [3.8, 4) is 11.5 Å². The molecular formula is C16H14O5S. The summed E-state index contributed by atoms with van der Waals surface area (Å²) < 4.78 is 15.5. The van der Waals surface area contributed by atoms with Gasteiger partial charge >= 0.3 is 5.97 Å². The molecule has 0 radical (unpaired) electrons. The number of ether oxygens (including phenoxy) is 3. The first-order chi connectivity index (χ1) is 10.5. The number of thiophene rings is 1. The number of hydrogen-bond donors (Lipinski definition) is 0. The Bertz CT molecular complexity index is 747. The summed E-state index contributed by atoms with van der Waals surface area (Å²) in [5.41, 5.74) is 0.941. The van der Waals surface area contributed by atoms with Crippen molar-refractivity contribution in [3.63, 3.8) is 0 Å². The van der Waals surface area contributed by atoms with Crippen molar-refractivity contribution in [1.82, 2.24) is 0 Å². The van der Waals surface area contributed by atoms with E-state index in [2.05, 4.69) is 0 Å². The van der Waals surface area contributed by atoms with E-state index in [-0.39, 0.29) is 19.2 Å². The standard InChI is InChI=1S/C16H14O5S/c1-9-5-12(10(2)22-9)13(17)7-19-16(18)11-3-4-14-15(6-11)21-8-20-14/h3-6H,7-8H2,1-2H3. The van der Waals surface area contributed by atoms with Crippen LogP contribution in [-0.4, -0.2) is 25.2 Å². The summed E-state index contributed by atoms with van der Waals surface area (Å²) in [5, 5.41) is 0. The Morgan fingerprint density at radius 3 is 2.68 bits per heavy atom. The molecule has 0 saturated heterocycles. The first-order valence-electron chi connectivity index (χ1n) is 6.71. The fourth-order valence-corrected chi connectivity index (χ4v) is 3.17. The van der Waals surface area contributed by atoms with Crippen molar-refractivity contribution >= 4 is 23.1 Å². The Morgan fingerprint density at radius 2 is 1.95 bits per heavy atom. The van der Waals surface area contributed by atoms with E-state index >= 15 is 0 Å². The highest BCUT2D eigenvalue weighted by Crippen LogP contribution is 2.32. The number of ketones is 1. The molecule has 0 spiro atoms. The van der Waals surface area contributed by atoms with Crippen molar-refractivity contribution in [2.24, 2.45) is 0 Å². The average Bonchev–Trinajstić information content (AvgIpc) is 3.09. The lowest BCUT2D eigenvalue weighted by molar-refractivity contribution is 0.0474. The summed E-state index contributed by atoms with van der Waals surface area (Å²) in [6.07, 6.45) is 0.